The van der Waals surface area contributed by atoms with E-state index in [1.54, 1.807) is 10.7 Å². The summed E-state index contributed by atoms with van der Waals surface area (Å²) in [6.07, 6.45) is 5.08. The summed E-state index contributed by atoms with van der Waals surface area (Å²) in [5.74, 6) is 1.89. The molecule has 1 aliphatic heterocycles. The molecule has 24 heavy (non-hydrogen) atoms. The van der Waals surface area contributed by atoms with Crippen LogP contribution < -0.4 is 5.56 Å². The van der Waals surface area contributed by atoms with Gasteiger partial charge in [0.25, 0.3) is 5.56 Å². The van der Waals surface area contributed by atoms with Gasteiger partial charge in [0, 0.05) is 48.8 Å². The van der Waals surface area contributed by atoms with Crippen LogP contribution in [0.4, 0.5) is 0 Å². The summed E-state index contributed by atoms with van der Waals surface area (Å²) in [5, 5.41) is 8.11. The fourth-order valence-corrected chi connectivity index (χ4v) is 4.48. The highest BCUT2D eigenvalue weighted by atomic mass is 32.1. The largest absolute Gasteiger partial charge is 0.297 e. The van der Waals surface area contributed by atoms with Gasteiger partial charge in [-0.15, -0.1) is 11.3 Å². The summed E-state index contributed by atoms with van der Waals surface area (Å²) in [7, 11) is 0. The van der Waals surface area contributed by atoms with E-state index in [1.807, 2.05) is 17.4 Å². The molecule has 2 aliphatic carbocycles. The molecular formula is C18H22N4OS. The zero-order chi connectivity index (χ0) is 16.1. The average Bonchev–Trinajstić information content (AvgIpc) is 3.46. The van der Waals surface area contributed by atoms with Crippen molar-refractivity contribution in [3.8, 4) is 0 Å². The van der Waals surface area contributed by atoms with E-state index in [-0.39, 0.29) is 5.56 Å². The molecule has 0 N–H and O–H groups in total. The molecule has 1 saturated heterocycles. The lowest BCUT2D eigenvalue weighted by molar-refractivity contribution is 0.0754. The number of nitrogens with zero attached hydrogens (tertiary/aromatic N) is 4. The van der Waals surface area contributed by atoms with Gasteiger partial charge in [0.1, 0.15) is 0 Å². The number of hydrogen-bond donors (Lipinski definition) is 0. The molecule has 2 aromatic rings. The number of hydrogen-bond acceptors (Lipinski definition) is 5. The van der Waals surface area contributed by atoms with E-state index < -0.39 is 0 Å². The summed E-state index contributed by atoms with van der Waals surface area (Å²) in [6, 6.07) is 3.59. The Labute approximate surface area is 145 Å². The van der Waals surface area contributed by atoms with Crippen LogP contribution in [0.1, 0.15) is 53.9 Å². The summed E-state index contributed by atoms with van der Waals surface area (Å²) in [6.45, 7) is 3.78. The molecule has 0 amide bonds. The quantitative estimate of drug-likeness (QED) is 0.810. The molecule has 2 saturated carbocycles. The second-order valence-electron chi connectivity index (χ2n) is 7.56. The van der Waals surface area contributed by atoms with Gasteiger partial charge in [0.15, 0.2) is 0 Å². The number of thiazole rings is 1. The van der Waals surface area contributed by atoms with Gasteiger partial charge < -0.3 is 0 Å². The maximum atomic E-state index is 12.0. The Bertz CT molecular complexity index is 799. The standard InChI is InChI=1S/C18H22N4OS/c23-17-6-5-16(13-1-2-13)20-22(17)9-12-7-21(8-12)10-15-11-24-18(19-15)14-3-4-14/h5-6,11-14H,1-4,7-10H2. The molecule has 3 heterocycles. The summed E-state index contributed by atoms with van der Waals surface area (Å²) in [4.78, 5) is 19.2. The smallest absolute Gasteiger partial charge is 0.266 e. The first-order chi connectivity index (χ1) is 11.7. The zero-order valence-corrected chi connectivity index (χ0v) is 14.5. The lowest BCUT2D eigenvalue weighted by atomic mass is 10.00. The maximum Gasteiger partial charge on any atom is 0.266 e. The minimum absolute atomic E-state index is 0.0337. The van der Waals surface area contributed by atoms with Gasteiger partial charge in [-0.25, -0.2) is 9.67 Å². The maximum absolute atomic E-state index is 12.0. The van der Waals surface area contributed by atoms with Crippen molar-refractivity contribution in [3.05, 3.63) is 44.3 Å². The molecule has 126 valence electrons. The molecule has 0 atom stereocenters. The van der Waals surface area contributed by atoms with Gasteiger partial charge in [0.05, 0.1) is 22.9 Å². The third-order valence-electron chi connectivity index (χ3n) is 5.23. The van der Waals surface area contributed by atoms with Gasteiger partial charge in [0.2, 0.25) is 0 Å². The van der Waals surface area contributed by atoms with E-state index in [9.17, 15) is 4.79 Å². The third-order valence-corrected chi connectivity index (χ3v) is 6.28. The van der Waals surface area contributed by atoms with Crippen molar-refractivity contribution in [2.75, 3.05) is 13.1 Å². The first-order valence-corrected chi connectivity index (χ1v) is 9.87. The van der Waals surface area contributed by atoms with E-state index in [4.69, 9.17) is 4.98 Å². The van der Waals surface area contributed by atoms with Gasteiger partial charge >= 0.3 is 0 Å². The Kier molecular flexibility index (Phi) is 3.56. The predicted molar refractivity (Wildman–Crippen MR) is 93.3 cm³/mol. The summed E-state index contributed by atoms with van der Waals surface area (Å²) < 4.78 is 1.68. The van der Waals surface area contributed by atoms with E-state index in [1.165, 1.54) is 36.4 Å². The zero-order valence-electron chi connectivity index (χ0n) is 13.7. The second-order valence-corrected chi connectivity index (χ2v) is 8.45. The van der Waals surface area contributed by atoms with Crippen LogP contribution in [0.25, 0.3) is 0 Å². The van der Waals surface area contributed by atoms with E-state index in [0.717, 1.165) is 37.8 Å². The first kappa shape index (κ1) is 14.8. The summed E-state index contributed by atoms with van der Waals surface area (Å²) >= 11 is 1.82. The van der Waals surface area contributed by atoms with Gasteiger partial charge in [-0.2, -0.15) is 5.10 Å². The highest BCUT2D eigenvalue weighted by Gasteiger charge is 2.31. The molecule has 5 nitrogen and oxygen atoms in total. The van der Waals surface area contributed by atoms with Crippen LogP contribution in [-0.4, -0.2) is 32.8 Å². The molecule has 0 aromatic carbocycles. The number of rotatable bonds is 6. The molecule has 3 aliphatic rings. The molecule has 0 radical (unpaired) electrons. The lowest BCUT2D eigenvalue weighted by Gasteiger charge is -2.38. The van der Waals surface area contributed by atoms with Crippen LogP contribution >= 0.6 is 11.3 Å². The SMILES string of the molecule is O=c1ccc(C2CC2)nn1CC1CN(Cc2csc(C3CC3)n2)C1. The van der Waals surface area contributed by atoms with Crippen LogP contribution in [-0.2, 0) is 13.1 Å². The highest BCUT2D eigenvalue weighted by molar-refractivity contribution is 7.09. The van der Waals surface area contributed by atoms with Crippen LogP contribution in [0.5, 0.6) is 0 Å². The molecule has 5 rings (SSSR count). The van der Waals surface area contributed by atoms with Crippen molar-refractivity contribution in [3.63, 3.8) is 0 Å². The fraction of sp³-hybridized carbons (Fsp3) is 0.611. The fourth-order valence-electron chi connectivity index (χ4n) is 3.50. The third kappa shape index (κ3) is 3.05. The van der Waals surface area contributed by atoms with Crippen molar-refractivity contribution in [1.29, 1.82) is 0 Å². The lowest BCUT2D eigenvalue weighted by Crippen LogP contribution is -2.49. The van der Waals surface area contributed by atoms with Crippen molar-refractivity contribution in [1.82, 2.24) is 19.7 Å². The second kappa shape index (κ2) is 5.77. The van der Waals surface area contributed by atoms with Crippen molar-refractivity contribution < 1.29 is 0 Å². The molecule has 0 bridgehead atoms. The van der Waals surface area contributed by atoms with Crippen LogP contribution in [0.2, 0.25) is 0 Å². The normalized spacial score (nSPS) is 21.8. The van der Waals surface area contributed by atoms with Crippen molar-refractivity contribution in [2.45, 2.75) is 50.6 Å². The topological polar surface area (TPSA) is 51.0 Å². The van der Waals surface area contributed by atoms with Gasteiger partial charge in [-0.1, -0.05) is 0 Å². The van der Waals surface area contributed by atoms with Crippen LogP contribution in [0.15, 0.2) is 22.3 Å². The predicted octanol–water partition coefficient (Wildman–Crippen LogP) is 2.59. The van der Waals surface area contributed by atoms with E-state index >= 15 is 0 Å². The summed E-state index contributed by atoms with van der Waals surface area (Å²) in [5.41, 5.74) is 2.35. The first-order valence-electron chi connectivity index (χ1n) is 8.99. The van der Waals surface area contributed by atoms with Gasteiger partial charge in [-0.3, -0.25) is 9.69 Å². The number of likely N-dealkylation sites (tertiary alicyclic amines) is 1. The molecule has 3 fully saturated rings. The minimum atomic E-state index is 0.0337. The van der Waals surface area contributed by atoms with Gasteiger partial charge in [-0.05, 0) is 31.7 Å². The highest BCUT2D eigenvalue weighted by Crippen LogP contribution is 2.41. The Balaban J connectivity index is 1.16. The van der Waals surface area contributed by atoms with Crippen LogP contribution in [0, 0.1) is 5.92 Å². The van der Waals surface area contributed by atoms with Crippen LogP contribution in [0.3, 0.4) is 0 Å². The van der Waals surface area contributed by atoms with E-state index in [2.05, 4.69) is 15.4 Å². The Morgan fingerprint density at radius 2 is 1.92 bits per heavy atom. The molecular weight excluding hydrogens is 320 g/mol. The number of aromatic nitrogens is 3. The Hall–Kier alpha value is -1.53. The molecule has 0 spiro atoms. The Morgan fingerprint density at radius 3 is 2.67 bits per heavy atom. The van der Waals surface area contributed by atoms with Crippen molar-refractivity contribution in [2.24, 2.45) is 5.92 Å². The molecule has 6 heteroatoms. The Morgan fingerprint density at radius 1 is 1.12 bits per heavy atom. The average molecular weight is 342 g/mol. The minimum Gasteiger partial charge on any atom is -0.297 e. The van der Waals surface area contributed by atoms with Crippen molar-refractivity contribution >= 4 is 11.3 Å². The monoisotopic (exact) mass is 342 g/mol. The molecule has 2 aromatic heterocycles. The van der Waals surface area contributed by atoms with E-state index in [0.29, 0.717) is 11.8 Å². The molecule has 0 unspecified atom stereocenters.